The number of nitrogens with one attached hydrogen (secondary N) is 2. The first-order valence-corrected chi connectivity index (χ1v) is 7.13. The Morgan fingerprint density at radius 1 is 1.21 bits per heavy atom. The smallest absolute Gasteiger partial charge is 0.242 e. The Kier molecular flexibility index (Phi) is 4.43. The molecule has 4 heteroatoms. The number of anilines is 1. The average molecular weight is 321 g/mol. The van der Waals surface area contributed by atoms with Crippen LogP contribution in [0.15, 0.2) is 40.9 Å². The van der Waals surface area contributed by atoms with Crippen LogP contribution in [0.2, 0.25) is 0 Å². The lowest BCUT2D eigenvalue weighted by Crippen LogP contribution is -2.37. The van der Waals surface area contributed by atoms with Crippen LogP contribution in [0.5, 0.6) is 0 Å². The second-order valence-electron chi connectivity index (χ2n) is 4.47. The Hall–Kier alpha value is -1.55. The zero-order chi connectivity index (χ0) is 13.8. The van der Waals surface area contributed by atoms with E-state index >= 15 is 0 Å². The van der Waals surface area contributed by atoms with Gasteiger partial charge in [-0.2, -0.15) is 0 Å². The Labute approximate surface area is 121 Å². The zero-order valence-electron chi connectivity index (χ0n) is 11.0. The molecule has 0 aliphatic heterocycles. The Balaban J connectivity index is 2.17. The van der Waals surface area contributed by atoms with Gasteiger partial charge in [0.2, 0.25) is 5.91 Å². The molecule has 2 rings (SSSR count). The standard InChI is InChI=1S/C15H17BrN2O/c1-3-17-15(19)10(2)18-14-7-5-11-8-13(16)6-4-12(11)9-14/h4-10,18H,3H2,1-2H3,(H,17,19). The summed E-state index contributed by atoms with van der Waals surface area (Å²) in [6.07, 6.45) is 0. The fourth-order valence-electron chi connectivity index (χ4n) is 1.95. The highest BCUT2D eigenvalue weighted by molar-refractivity contribution is 9.10. The third kappa shape index (κ3) is 3.47. The van der Waals surface area contributed by atoms with E-state index in [1.54, 1.807) is 0 Å². The molecule has 2 aromatic rings. The fourth-order valence-corrected chi connectivity index (χ4v) is 2.33. The number of hydrogen-bond donors (Lipinski definition) is 2. The highest BCUT2D eigenvalue weighted by Gasteiger charge is 2.11. The van der Waals surface area contributed by atoms with Crippen LogP contribution in [0.4, 0.5) is 5.69 Å². The molecular weight excluding hydrogens is 304 g/mol. The van der Waals surface area contributed by atoms with Crippen LogP contribution in [0.25, 0.3) is 10.8 Å². The third-order valence-electron chi connectivity index (χ3n) is 2.93. The summed E-state index contributed by atoms with van der Waals surface area (Å²) < 4.78 is 1.07. The van der Waals surface area contributed by atoms with Gasteiger partial charge in [-0.15, -0.1) is 0 Å². The monoisotopic (exact) mass is 320 g/mol. The first kappa shape index (κ1) is 13.9. The number of rotatable bonds is 4. The third-order valence-corrected chi connectivity index (χ3v) is 3.42. The number of benzene rings is 2. The van der Waals surface area contributed by atoms with Crippen LogP contribution in [-0.2, 0) is 4.79 Å². The molecule has 19 heavy (non-hydrogen) atoms. The molecule has 0 bridgehead atoms. The molecule has 0 saturated heterocycles. The predicted molar refractivity (Wildman–Crippen MR) is 83.4 cm³/mol. The van der Waals surface area contributed by atoms with Crippen molar-refractivity contribution in [3.63, 3.8) is 0 Å². The van der Waals surface area contributed by atoms with Crippen molar-refractivity contribution < 1.29 is 4.79 Å². The van der Waals surface area contributed by atoms with Gasteiger partial charge in [-0.3, -0.25) is 4.79 Å². The molecule has 0 aliphatic carbocycles. The molecule has 3 nitrogen and oxygen atoms in total. The van der Waals surface area contributed by atoms with Crippen molar-refractivity contribution in [3.8, 4) is 0 Å². The molecule has 1 atom stereocenters. The van der Waals surface area contributed by atoms with Gasteiger partial charge >= 0.3 is 0 Å². The van der Waals surface area contributed by atoms with Crippen LogP contribution in [0.3, 0.4) is 0 Å². The molecule has 0 heterocycles. The largest absolute Gasteiger partial charge is 0.374 e. The molecule has 0 fully saturated rings. The summed E-state index contributed by atoms with van der Waals surface area (Å²) in [6, 6.07) is 12.0. The van der Waals surface area contributed by atoms with Crippen molar-refractivity contribution in [1.82, 2.24) is 5.32 Å². The second-order valence-corrected chi connectivity index (χ2v) is 5.38. The van der Waals surface area contributed by atoms with Gasteiger partial charge in [-0.1, -0.05) is 28.1 Å². The van der Waals surface area contributed by atoms with Crippen LogP contribution in [0.1, 0.15) is 13.8 Å². The first-order chi connectivity index (χ1) is 9.10. The van der Waals surface area contributed by atoms with Crippen molar-refractivity contribution in [1.29, 1.82) is 0 Å². The zero-order valence-corrected chi connectivity index (χ0v) is 12.6. The van der Waals surface area contributed by atoms with Gasteiger partial charge in [-0.05, 0) is 48.9 Å². The van der Waals surface area contributed by atoms with Crippen molar-refractivity contribution in [2.24, 2.45) is 0 Å². The van der Waals surface area contributed by atoms with Gasteiger partial charge < -0.3 is 10.6 Å². The van der Waals surface area contributed by atoms with E-state index < -0.39 is 0 Å². The van der Waals surface area contributed by atoms with Gasteiger partial charge in [0, 0.05) is 16.7 Å². The van der Waals surface area contributed by atoms with Crippen molar-refractivity contribution in [2.75, 3.05) is 11.9 Å². The van der Waals surface area contributed by atoms with E-state index in [1.807, 2.05) is 32.0 Å². The van der Waals surface area contributed by atoms with E-state index in [1.165, 1.54) is 5.39 Å². The van der Waals surface area contributed by atoms with Crippen LogP contribution in [-0.4, -0.2) is 18.5 Å². The fraction of sp³-hybridized carbons (Fsp3) is 0.267. The molecule has 0 spiro atoms. The minimum Gasteiger partial charge on any atom is -0.374 e. The topological polar surface area (TPSA) is 41.1 Å². The molecule has 2 N–H and O–H groups in total. The number of hydrogen-bond acceptors (Lipinski definition) is 2. The lowest BCUT2D eigenvalue weighted by molar-refractivity contribution is -0.121. The highest BCUT2D eigenvalue weighted by atomic mass is 79.9. The quantitative estimate of drug-likeness (QED) is 0.904. The maximum Gasteiger partial charge on any atom is 0.242 e. The molecule has 1 amide bonds. The molecular formula is C15H17BrN2O. The van der Waals surface area contributed by atoms with Gasteiger partial charge in [-0.25, -0.2) is 0 Å². The first-order valence-electron chi connectivity index (χ1n) is 6.33. The molecule has 0 radical (unpaired) electrons. The van der Waals surface area contributed by atoms with E-state index in [0.717, 1.165) is 15.5 Å². The van der Waals surface area contributed by atoms with E-state index in [-0.39, 0.29) is 11.9 Å². The predicted octanol–water partition coefficient (Wildman–Crippen LogP) is 3.54. The lowest BCUT2D eigenvalue weighted by Gasteiger charge is -2.15. The summed E-state index contributed by atoms with van der Waals surface area (Å²) in [4.78, 5) is 11.7. The van der Waals surface area contributed by atoms with Crippen molar-refractivity contribution >= 4 is 38.3 Å². The number of halogens is 1. The summed E-state index contributed by atoms with van der Waals surface area (Å²) in [5, 5.41) is 8.33. The summed E-state index contributed by atoms with van der Waals surface area (Å²) >= 11 is 3.46. The lowest BCUT2D eigenvalue weighted by atomic mass is 10.1. The summed E-state index contributed by atoms with van der Waals surface area (Å²) in [5.41, 5.74) is 0.952. The summed E-state index contributed by atoms with van der Waals surface area (Å²) in [7, 11) is 0. The Bertz CT molecular complexity index is 598. The van der Waals surface area contributed by atoms with E-state index in [2.05, 4.69) is 44.8 Å². The van der Waals surface area contributed by atoms with Gasteiger partial charge in [0.15, 0.2) is 0 Å². The number of carbonyl (C=O) groups excluding carboxylic acids is 1. The number of fused-ring (bicyclic) bond motifs is 1. The number of amides is 1. The van der Waals surface area contributed by atoms with Crippen LogP contribution in [0, 0.1) is 0 Å². The minimum atomic E-state index is -0.243. The minimum absolute atomic E-state index is 0.0124. The van der Waals surface area contributed by atoms with Gasteiger partial charge in [0.25, 0.3) is 0 Å². The summed E-state index contributed by atoms with van der Waals surface area (Å²) in [6.45, 7) is 4.42. The van der Waals surface area contributed by atoms with E-state index in [9.17, 15) is 4.79 Å². The van der Waals surface area contributed by atoms with Crippen LogP contribution < -0.4 is 10.6 Å². The van der Waals surface area contributed by atoms with Crippen molar-refractivity contribution in [3.05, 3.63) is 40.9 Å². The SMILES string of the molecule is CCNC(=O)C(C)Nc1ccc2cc(Br)ccc2c1. The second kappa shape index (κ2) is 6.06. The van der Waals surface area contributed by atoms with Gasteiger partial charge in [0.05, 0.1) is 0 Å². The molecule has 0 aromatic heterocycles. The normalized spacial score (nSPS) is 12.2. The average Bonchev–Trinajstić information content (AvgIpc) is 2.39. The number of carbonyl (C=O) groups is 1. The highest BCUT2D eigenvalue weighted by Crippen LogP contribution is 2.23. The molecule has 0 saturated carbocycles. The Morgan fingerprint density at radius 3 is 2.63 bits per heavy atom. The van der Waals surface area contributed by atoms with E-state index in [4.69, 9.17) is 0 Å². The molecule has 2 aromatic carbocycles. The van der Waals surface area contributed by atoms with Crippen molar-refractivity contribution in [2.45, 2.75) is 19.9 Å². The number of likely N-dealkylation sites (N-methyl/N-ethyl adjacent to an activating group) is 1. The maximum atomic E-state index is 11.7. The maximum absolute atomic E-state index is 11.7. The summed E-state index contributed by atoms with van der Waals surface area (Å²) in [5.74, 6) is 0.0124. The Morgan fingerprint density at radius 2 is 1.89 bits per heavy atom. The molecule has 100 valence electrons. The van der Waals surface area contributed by atoms with E-state index in [0.29, 0.717) is 6.54 Å². The van der Waals surface area contributed by atoms with Crippen LogP contribution >= 0.6 is 15.9 Å². The van der Waals surface area contributed by atoms with Gasteiger partial charge in [0.1, 0.15) is 6.04 Å². The molecule has 0 aliphatic rings. The molecule has 1 unspecified atom stereocenters.